The number of Topliss-reactive ketones (excluding diaryl/α,β-unsaturated/α-hetero) is 1. The van der Waals surface area contributed by atoms with Gasteiger partial charge in [-0.05, 0) is 53.1 Å². The van der Waals surface area contributed by atoms with Crippen molar-refractivity contribution in [2.45, 2.75) is 66.2 Å². The highest BCUT2D eigenvalue weighted by molar-refractivity contribution is 6.48. The Morgan fingerprint density at radius 2 is 1.23 bits per heavy atom. The Labute approximate surface area is 278 Å². The van der Waals surface area contributed by atoms with E-state index in [1.54, 1.807) is 7.11 Å². The first-order valence-corrected chi connectivity index (χ1v) is 16.5. The number of carbonyl (C=O) groups is 1. The minimum Gasteiger partial charge on any atom is -0.495 e. The molecule has 2 aliphatic rings. The Balaban J connectivity index is 1.42. The van der Waals surface area contributed by atoms with Crippen LogP contribution in [0.3, 0.4) is 0 Å². The fourth-order valence-corrected chi connectivity index (χ4v) is 7.30. The molecule has 1 aliphatic heterocycles. The minimum absolute atomic E-state index is 0.0185. The van der Waals surface area contributed by atoms with E-state index >= 15 is 0 Å². The monoisotopic (exact) mass is 619 g/mol. The van der Waals surface area contributed by atoms with Crippen molar-refractivity contribution in [1.29, 1.82) is 0 Å². The van der Waals surface area contributed by atoms with Crippen LogP contribution in [0.4, 0.5) is 11.4 Å². The minimum atomic E-state index is 0.0185. The van der Waals surface area contributed by atoms with Crippen LogP contribution in [0.5, 0.6) is 0 Å². The molecule has 0 saturated heterocycles. The van der Waals surface area contributed by atoms with Gasteiger partial charge in [0, 0.05) is 47.5 Å². The average molecular weight is 620 g/mol. The summed E-state index contributed by atoms with van der Waals surface area (Å²) >= 11 is 0. The first kappa shape index (κ1) is 30.7. The third-order valence-electron chi connectivity index (χ3n) is 9.82. The molecule has 0 saturated carbocycles. The number of methoxy groups -OCH3 is 1. The van der Waals surface area contributed by atoms with Gasteiger partial charge in [0.1, 0.15) is 5.76 Å². The predicted molar refractivity (Wildman–Crippen MR) is 196 cm³/mol. The van der Waals surface area contributed by atoms with Crippen LogP contribution >= 0.6 is 0 Å². The molecule has 236 valence electrons. The first-order chi connectivity index (χ1) is 22.3. The lowest BCUT2D eigenvalue weighted by atomic mass is 9.78. The van der Waals surface area contributed by atoms with E-state index < -0.39 is 0 Å². The number of ketones is 1. The van der Waals surface area contributed by atoms with Gasteiger partial charge in [0.05, 0.1) is 34.9 Å². The molecular weight excluding hydrogens is 576 g/mol. The maximum absolute atomic E-state index is 14.5. The maximum atomic E-state index is 14.5. The molecule has 0 bridgehead atoms. The van der Waals surface area contributed by atoms with Gasteiger partial charge in [0.25, 0.3) is 0 Å². The summed E-state index contributed by atoms with van der Waals surface area (Å²) in [5, 5.41) is 1.04. The molecule has 47 heavy (non-hydrogen) atoms. The molecule has 0 amide bonds. The fourth-order valence-electron chi connectivity index (χ4n) is 7.30. The van der Waals surface area contributed by atoms with Crippen LogP contribution in [0, 0.1) is 6.92 Å². The normalized spacial score (nSPS) is 16.7. The predicted octanol–water partition coefficient (Wildman–Crippen LogP) is 10.2. The van der Waals surface area contributed by atoms with Crippen LogP contribution in [0.15, 0.2) is 108 Å². The second kappa shape index (κ2) is 10.8. The molecule has 0 unspecified atom stereocenters. The second-order valence-corrected chi connectivity index (χ2v) is 14.8. The van der Waals surface area contributed by atoms with E-state index in [4.69, 9.17) is 4.74 Å². The number of hydrogen-bond acceptors (Lipinski definition) is 2. The van der Waals surface area contributed by atoms with Crippen molar-refractivity contribution in [3.8, 4) is 5.69 Å². The lowest BCUT2D eigenvalue weighted by Gasteiger charge is -2.26. The van der Waals surface area contributed by atoms with Gasteiger partial charge in [0.15, 0.2) is 5.71 Å². The summed E-state index contributed by atoms with van der Waals surface area (Å²) in [6.45, 7) is 17.6. The standard InChI is InChI=1S/C43H43N2O2/c1-26-36(32-14-10-12-16-34(32)44(26)30-22-18-28(19-23-30)42(3,4)5)38-40(46)39(41(38)47-9)37-27(2)45(35-17-13-11-15-33(35)37)31-24-20-29(21-25-31)43(6,7)8/h10-25H,1-9H3/q+1. The number of para-hydroxylation sites is 2. The van der Waals surface area contributed by atoms with Gasteiger partial charge in [-0.2, -0.15) is 4.58 Å². The molecule has 4 aromatic carbocycles. The van der Waals surface area contributed by atoms with Gasteiger partial charge in [-0.3, -0.25) is 4.79 Å². The lowest BCUT2D eigenvalue weighted by molar-refractivity contribution is -0.111. The van der Waals surface area contributed by atoms with Crippen molar-refractivity contribution < 1.29 is 9.53 Å². The van der Waals surface area contributed by atoms with Gasteiger partial charge in [-0.15, -0.1) is 0 Å². The highest BCUT2D eigenvalue weighted by Gasteiger charge is 2.46. The Morgan fingerprint density at radius 1 is 0.660 bits per heavy atom. The zero-order valence-electron chi connectivity index (χ0n) is 28.9. The van der Waals surface area contributed by atoms with Gasteiger partial charge < -0.3 is 9.30 Å². The highest BCUT2D eigenvalue weighted by Crippen LogP contribution is 2.49. The van der Waals surface area contributed by atoms with Crippen molar-refractivity contribution in [3.63, 3.8) is 0 Å². The van der Waals surface area contributed by atoms with E-state index in [1.165, 1.54) is 11.1 Å². The first-order valence-electron chi connectivity index (χ1n) is 16.5. The summed E-state index contributed by atoms with van der Waals surface area (Å²) in [7, 11) is 1.68. The molecule has 7 rings (SSSR count). The number of ether oxygens (including phenoxy) is 1. The number of allylic oxidation sites excluding steroid dienone is 3. The van der Waals surface area contributed by atoms with Crippen LogP contribution in [0.1, 0.15) is 76.4 Å². The number of nitrogens with zero attached hydrogens (tertiary/aromatic N) is 2. The molecular formula is C43H43N2O2+. The molecule has 5 aromatic rings. The Bertz CT molecular complexity index is 2190. The van der Waals surface area contributed by atoms with Gasteiger partial charge in [0.2, 0.25) is 17.2 Å². The molecule has 2 heterocycles. The number of carbonyl (C=O) groups excluding carboxylic acids is 1. The van der Waals surface area contributed by atoms with Gasteiger partial charge in [-0.1, -0.05) is 96.1 Å². The zero-order chi connectivity index (χ0) is 33.4. The summed E-state index contributed by atoms with van der Waals surface area (Å²) in [5.41, 5.74) is 13.2. The Hall–Kier alpha value is -4.96. The topological polar surface area (TPSA) is 34.2 Å². The summed E-state index contributed by atoms with van der Waals surface area (Å²) in [5.74, 6) is 0.670. The quantitative estimate of drug-likeness (QED) is 0.148. The number of rotatable bonds is 4. The number of benzene rings is 4. The molecule has 0 N–H and O–H groups in total. The zero-order valence-corrected chi connectivity index (χ0v) is 28.9. The van der Waals surface area contributed by atoms with E-state index in [1.807, 2.05) is 12.1 Å². The van der Waals surface area contributed by atoms with E-state index in [0.717, 1.165) is 56.1 Å². The number of aromatic nitrogens is 1. The van der Waals surface area contributed by atoms with Crippen LogP contribution in [-0.2, 0) is 20.4 Å². The molecule has 0 fully saturated rings. The van der Waals surface area contributed by atoms with Crippen LogP contribution in [-0.4, -0.2) is 23.2 Å². The Kier molecular flexibility index (Phi) is 7.05. The van der Waals surface area contributed by atoms with Crippen LogP contribution in [0.25, 0.3) is 27.7 Å². The number of fused-ring (bicyclic) bond motifs is 2. The van der Waals surface area contributed by atoms with Crippen molar-refractivity contribution in [3.05, 3.63) is 136 Å². The second-order valence-electron chi connectivity index (χ2n) is 14.8. The smallest absolute Gasteiger partial charge is 0.219 e. The largest absolute Gasteiger partial charge is 0.495 e. The average Bonchev–Trinajstić information content (AvgIpc) is 3.49. The Morgan fingerprint density at radius 3 is 1.85 bits per heavy atom. The van der Waals surface area contributed by atoms with E-state index in [2.05, 4.69) is 149 Å². The van der Waals surface area contributed by atoms with E-state index in [9.17, 15) is 4.79 Å². The summed E-state index contributed by atoms with van der Waals surface area (Å²) in [6, 6.07) is 34.3. The van der Waals surface area contributed by atoms with Gasteiger partial charge in [-0.25, -0.2) is 0 Å². The fraction of sp³-hybridized carbons (Fsp3) is 0.256. The van der Waals surface area contributed by atoms with Crippen molar-refractivity contribution in [2.75, 3.05) is 7.11 Å². The van der Waals surface area contributed by atoms with Crippen LogP contribution in [0.2, 0.25) is 0 Å². The SMILES string of the molecule is COC1=C(c2c(C)n(-c3ccc(C(C)(C)C)cc3)c3ccccc23)C(=O)C1=C1C(C)=[N+](c2ccc(C(C)(C)C)cc2)c2ccccc21. The highest BCUT2D eigenvalue weighted by atomic mass is 16.5. The summed E-state index contributed by atoms with van der Waals surface area (Å²) in [4.78, 5) is 14.5. The molecule has 4 heteroatoms. The molecule has 0 radical (unpaired) electrons. The van der Waals surface area contributed by atoms with Crippen LogP contribution < -0.4 is 4.58 Å². The molecule has 4 nitrogen and oxygen atoms in total. The maximum Gasteiger partial charge on any atom is 0.219 e. The van der Waals surface area contributed by atoms with Crippen molar-refractivity contribution in [2.24, 2.45) is 0 Å². The van der Waals surface area contributed by atoms with E-state index in [-0.39, 0.29) is 16.6 Å². The summed E-state index contributed by atoms with van der Waals surface area (Å²) in [6.07, 6.45) is 0. The third-order valence-corrected chi connectivity index (χ3v) is 9.82. The van der Waals surface area contributed by atoms with Crippen molar-refractivity contribution >= 4 is 44.9 Å². The lowest BCUT2D eigenvalue weighted by Crippen LogP contribution is -2.26. The number of hydrogen-bond donors (Lipinski definition) is 0. The molecule has 1 aliphatic carbocycles. The molecule has 1 aromatic heterocycles. The molecule has 0 atom stereocenters. The van der Waals surface area contributed by atoms with Gasteiger partial charge >= 0.3 is 0 Å². The van der Waals surface area contributed by atoms with Crippen molar-refractivity contribution in [1.82, 2.24) is 9.14 Å². The third kappa shape index (κ3) is 4.73. The van der Waals surface area contributed by atoms with E-state index in [0.29, 0.717) is 16.9 Å². The molecule has 0 spiro atoms. The summed E-state index contributed by atoms with van der Waals surface area (Å²) < 4.78 is 10.7.